The maximum absolute atomic E-state index is 13.9. The number of hydrogen-bond acceptors (Lipinski definition) is 10. The van der Waals surface area contributed by atoms with E-state index < -0.39 is 22.2 Å². The molecule has 0 radical (unpaired) electrons. The lowest BCUT2D eigenvalue weighted by Gasteiger charge is -2.41. The SMILES string of the molecule is O=C(NS(=O)(=O)NC1CCOOC1)c1cc(N2CCC(N3CCOCC3)CC2)c2c(C3CCC3)nn(-c3ccc(F)cc3)c2n1. The van der Waals surface area contributed by atoms with Crippen molar-refractivity contribution in [3.8, 4) is 5.69 Å². The van der Waals surface area contributed by atoms with E-state index in [2.05, 4.69) is 19.2 Å². The van der Waals surface area contributed by atoms with Crippen LogP contribution in [-0.2, 0) is 24.7 Å². The van der Waals surface area contributed by atoms with Crippen LogP contribution in [-0.4, -0.2) is 98.7 Å². The van der Waals surface area contributed by atoms with Crippen molar-refractivity contribution in [3.63, 3.8) is 0 Å². The molecular weight excluding hydrogens is 605 g/mol. The third-order valence-electron chi connectivity index (χ3n) is 9.26. The van der Waals surface area contributed by atoms with Crippen LogP contribution < -0.4 is 14.3 Å². The van der Waals surface area contributed by atoms with E-state index >= 15 is 0 Å². The Morgan fingerprint density at radius 3 is 2.38 bits per heavy atom. The summed E-state index contributed by atoms with van der Waals surface area (Å²) >= 11 is 0. The molecule has 0 spiro atoms. The largest absolute Gasteiger partial charge is 0.379 e. The second-order valence-electron chi connectivity index (χ2n) is 12.1. The van der Waals surface area contributed by atoms with Gasteiger partial charge in [-0.3, -0.25) is 9.69 Å². The molecule has 2 N–H and O–H groups in total. The third-order valence-corrected chi connectivity index (χ3v) is 10.4. The van der Waals surface area contributed by atoms with E-state index in [0.29, 0.717) is 23.8 Å². The molecule has 1 unspecified atom stereocenters. The number of aromatic nitrogens is 3. The van der Waals surface area contributed by atoms with Crippen molar-refractivity contribution in [3.05, 3.63) is 47.5 Å². The first-order valence-electron chi connectivity index (χ1n) is 15.7. The van der Waals surface area contributed by atoms with Crippen molar-refractivity contribution in [2.45, 2.75) is 56.5 Å². The minimum atomic E-state index is -4.23. The Morgan fingerprint density at radius 1 is 0.956 bits per heavy atom. The molecule has 2 aromatic heterocycles. The van der Waals surface area contributed by atoms with Crippen LogP contribution in [0, 0.1) is 5.82 Å². The number of carbonyl (C=O) groups is 1. The molecule has 15 heteroatoms. The third kappa shape index (κ3) is 6.55. The zero-order valence-corrected chi connectivity index (χ0v) is 25.8. The van der Waals surface area contributed by atoms with E-state index in [-0.39, 0.29) is 30.6 Å². The summed E-state index contributed by atoms with van der Waals surface area (Å²) in [5.74, 6) is -0.996. The molecule has 242 valence electrons. The molecule has 13 nitrogen and oxygen atoms in total. The predicted molar refractivity (Wildman–Crippen MR) is 163 cm³/mol. The van der Waals surface area contributed by atoms with Gasteiger partial charge in [-0.15, -0.1) is 0 Å². The van der Waals surface area contributed by atoms with Gasteiger partial charge in [-0.1, -0.05) is 6.42 Å². The standard InChI is InChI=1S/C30H38FN7O6S/c31-21-4-6-24(7-5-21)38-29-27(28(33-38)20-2-1-3-20)26(37-11-8-23(9-12-37)36-13-16-42-17-14-36)18-25(32-29)30(39)35-45(40,41)34-22-10-15-43-44-19-22/h4-7,18,20,22-23,34H,1-3,8-17,19H2,(H,35,39). The minimum Gasteiger partial charge on any atom is -0.379 e. The van der Waals surface area contributed by atoms with Crippen LogP contribution in [0.15, 0.2) is 30.3 Å². The molecule has 4 aliphatic rings. The molecule has 45 heavy (non-hydrogen) atoms. The zero-order chi connectivity index (χ0) is 31.0. The van der Waals surface area contributed by atoms with Gasteiger partial charge in [-0.25, -0.2) is 28.6 Å². The molecule has 3 saturated heterocycles. The van der Waals surface area contributed by atoms with Gasteiger partial charge in [-0.2, -0.15) is 18.2 Å². The normalized spacial score (nSPS) is 22.4. The number of nitrogens with one attached hydrogen (secondary N) is 2. The van der Waals surface area contributed by atoms with Crippen molar-refractivity contribution < 1.29 is 32.1 Å². The van der Waals surface area contributed by atoms with Crippen LogP contribution in [0.1, 0.15) is 60.6 Å². The first-order chi connectivity index (χ1) is 21.8. The van der Waals surface area contributed by atoms with Gasteiger partial charge in [0.15, 0.2) is 5.65 Å². The average Bonchev–Trinajstić information content (AvgIpc) is 3.39. The molecule has 7 rings (SSSR count). The lowest BCUT2D eigenvalue weighted by molar-refractivity contribution is -0.316. The lowest BCUT2D eigenvalue weighted by Crippen LogP contribution is -2.49. The monoisotopic (exact) mass is 643 g/mol. The summed E-state index contributed by atoms with van der Waals surface area (Å²) < 4.78 is 51.5. The van der Waals surface area contributed by atoms with Gasteiger partial charge in [-0.05, 0) is 62.4 Å². The number of halogens is 1. The highest BCUT2D eigenvalue weighted by Crippen LogP contribution is 2.43. The Labute approximate surface area is 261 Å². The highest BCUT2D eigenvalue weighted by atomic mass is 32.2. The number of hydrogen-bond donors (Lipinski definition) is 2. The van der Waals surface area contributed by atoms with Crippen molar-refractivity contribution in [2.75, 3.05) is 57.5 Å². The number of benzene rings is 1. The van der Waals surface area contributed by atoms with E-state index in [1.807, 2.05) is 0 Å². The first kappa shape index (κ1) is 30.4. The van der Waals surface area contributed by atoms with Gasteiger partial charge in [0, 0.05) is 38.1 Å². The summed E-state index contributed by atoms with van der Waals surface area (Å²) in [6.07, 6.45) is 5.40. The quantitative estimate of drug-likeness (QED) is 0.352. The summed E-state index contributed by atoms with van der Waals surface area (Å²) in [5, 5.41) is 5.85. The molecule has 1 atom stereocenters. The van der Waals surface area contributed by atoms with Gasteiger partial charge in [0.05, 0.1) is 54.9 Å². The average molecular weight is 644 g/mol. The van der Waals surface area contributed by atoms with Crippen LogP contribution in [0.5, 0.6) is 0 Å². The highest BCUT2D eigenvalue weighted by molar-refractivity contribution is 7.88. The van der Waals surface area contributed by atoms with Crippen molar-refractivity contribution >= 4 is 32.8 Å². The number of anilines is 1. The van der Waals surface area contributed by atoms with Crippen molar-refractivity contribution in [1.82, 2.24) is 29.1 Å². The van der Waals surface area contributed by atoms with E-state index in [9.17, 15) is 17.6 Å². The fourth-order valence-electron chi connectivity index (χ4n) is 6.61. The minimum absolute atomic E-state index is 0.0324. The Balaban J connectivity index is 1.26. The Morgan fingerprint density at radius 2 is 1.71 bits per heavy atom. The Bertz CT molecular complexity index is 1630. The Hall–Kier alpha value is -3.21. The topological polar surface area (TPSA) is 140 Å². The first-order valence-corrected chi connectivity index (χ1v) is 17.2. The number of pyridine rings is 1. The van der Waals surface area contributed by atoms with E-state index in [1.54, 1.807) is 22.9 Å². The van der Waals surface area contributed by atoms with Crippen molar-refractivity contribution in [1.29, 1.82) is 0 Å². The van der Waals surface area contributed by atoms with Gasteiger partial charge >= 0.3 is 10.2 Å². The number of amides is 1. The Kier molecular flexibility index (Phi) is 8.72. The summed E-state index contributed by atoms with van der Waals surface area (Å²) in [7, 11) is -4.23. The van der Waals surface area contributed by atoms with Gasteiger partial charge in [0.25, 0.3) is 5.91 Å². The molecule has 3 aromatic rings. The van der Waals surface area contributed by atoms with Crippen LogP contribution in [0.4, 0.5) is 10.1 Å². The maximum atomic E-state index is 13.9. The van der Waals surface area contributed by atoms with E-state index in [0.717, 1.165) is 88.3 Å². The summed E-state index contributed by atoms with van der Waals surface area (Å²) in [6.45, 7) is 5.13. The molecule has 4 fully saturated rings. The number of nitrogens with zero attached hydrogens (tertiary/aromatic N) is 5. The molecule has 1 aromatic carbocycles. The zero-order valence-electron chi connectivity index (χ0n) is 25.0. The van der Waals surface area contributed by atoms with Gasteiger partial charge in [0.1, 0.15) is 11.5 Å². The number of morpholine rings is 1. The van der Waals surface area contributed by atoms with Crippen LogP contribution >= 0.6 is 0 Å². The molecule has 0 bridgehead atoms. The van der Waals surface area contributed by atoms with Gasteiger partial charge < -0.3 is 9.64 Å². The smallest absolute Gasteiger partial charge is 0.301 e. The summed E-state index contributed by atoms with van der Waals surface area (Å²) in [5.41, 5.74) is 2.69. The van der Waals surface area contributed by atoms with Crippen molar-refractivity contribution in [2.24, 2.45) is 0 Å². The molecule has 5 heterocycles. The van der Waals surface area contributed by atoms with Crippen LogP contribution in [0.3, 0.4) is 0 Å². The van der Waals surface area contributed by atoms with Gasteiger partial charge in [0.2, 0.25) is 0 Å². The molecule has 3 aliphatic heterocycles. The number of fused-ring (bicyclic) bond motifs is 1. The predicted octanol–water partition coefficient (Wildman–Crippen LogP) is 2.41. The molecule has 1 aliphatic carbocycles. The number of ether oxygens (including phenoxy) is 1. The molecule has 1 saturated carbocycles. The number of rotatable bonds is 8. The molecule has 1 amide bonds. The second-order valence-corrected chi connectivity index (χ2v) is 13.6. The number of piperidine rings is 1. The van der Waals surface area contributed by atoms with Crippen LogP contribution in [0.25, 0.3) is 16.7 Å². The maximum Gasteiger partial charge on any atom is 0.301 e. The fraction of sp³-hybridized carbons (Fsp3) is 0.567. The fourth-order valence-corrected chi connectivity index (χ4v) is 7.64. The number of carbonyl (C=O) groups excluding carboxylic acids is 1. The second kappa shape index (κ2) is 12.9. The molecular formula is C30H38FN7O6S. The summed E-state index contributed by atoms with van der Waals surface area (Å²) in [4.78, 5) is 32.8. The van der Waals surface area contributed by atoms with E-state index in [4.69, 9.17) is 24.6 Å². The van der Waals surface area contributed by atoms with E-state index in [1.165, 1.54) is 12.1 Å². The van der Waals surface area contributed by atoms with Crippen LogP contribution in [0.2, 0.25) is 0 Å². The lowest BCUT2D eigenvalue weighted by atomic mass is 9.82. The summed E-state index contributed by atoms with van der Waals surface area (Å²) in [6, 6.07) is 7.57. The highest BCUT2D eigenvalue weighted by Gasteiger charge is 2.33.